The zero-order chi connectivity index (χ0) is 17.2. The van der Waals surface area contributed by atoms with E-state index in [4.69, 9.17) is 10.5 Å². The molecule has 0 aliphatic heterocycles. The zero-order valence-electron chi connectivity index (χ0n) is 13.5. The molecule has 24 heavy (non-hydrogen) atoms. The van der Waals surface area contributed by atoms with E-state index >= 15 is 0 Å². The van der Waals surface area contributed by atoms with Crippen molar-refractivity contribution in [1.82, 2.24) is 5.32 Å². The van der Waals surface area contributed by atoms with Crippen LogP contribution in [0.25, 0.3) is 0 Å². The number of ether oxygens (including phenoxy) is 1. The van der Waals surface area contributed by atoms with Crippen molar-refractivity contribution in [2.24, 2.45) is 5.73 Å². The van der Waals surface area contributed by atoms with E-state index in [-0.39, 0.29) is 18.1 Å². The van der Waals surface area contributed by atoms with Crippen LogP contribution in [0.15, 0.2) is 54.6 Å². The normalized spacial score (nSPS) is 10.2. The fraction of sp³-hybridized carbons (Fsp3) is 0.263. The van der Waals surface area contributed by atoms with Crippen LogP contribution < -0.4 is 15.8 Å². The van der Waals surface area contributed by atoms with Crippen LogP contribution in [0.2, 0.25) is 0 Å². The smallest absolute Gasteiger partial charge is 0.257 e. The SMILES string of the molecule is NC(=O)c1ccccc1OCC(=O)NCCCCc1ccccc1. The Morgan fingerprint density at radius 2 is 1.67 bits per heavy atom. The molecule has 0 heterocycles. The highest BCUT2D eigenvalue weighted by molar-refractivity contribution is 5.95. The number of nitrogens with two attached hydrogens (primary N) is 1. The van der Waals surface area contributed by atoms with Crippen LogP contribution in [0.5, 0.6) is 5.75 Å². The van der Waals surface area contributed by atoms with Gasteiger partial charge in [-0.1, -0.05) is 42.5 Å². The first kappa shape index (κ1) is 17.5. The van der Waals surface area contributed by atoms with E-state index in [1.807, 2.05) is 18.2 Å². The number of aryl methyl sites for hydroxylation is 1. The number of hydrogen-bond donors (Lipinski definition) is 2. The standard InChI is InChI=1S/C19H22N2O3/c20-19(23)16-11-4-5-12-17(16)24-14-18(22)21-13-7-6-10-15-8-2-1-3-9-15/h1-5,8-9,11-12H,6-7,10,13-14H2,(H2,20,23)(H,21,22). The van der Waals surface area contributed by atoms with Gasteiger partial charge in [0.05, 0.1) is 5.56 Å². The van der Waals surface area contributed by atoms with Gasteiger partial charge in [0, 0.05) is 6.54 Å². The van der Waals surface area contributed by atoms with Gasteiger partial charge in [0.2, 0.25) is 0 Å². The molecular weight excluding hydrogens is 304 g/mol. The van der Waals surface area contributed by atoms with E-state index in [2.05, 4.69) is 17.4 Å². The van der Waals surface area contributed by atoms with E-state index in [0.717, 1.165) is 19.3 Å². The molecule has 2 rings (SSSR count). The van der Waals surface area contributed by atoms with Gasteiger partial charge in [-0.15, -0.1) is 0 Å². The Morgan fingerprint density at radius 1 is 0.958 bits per heavy atom. The van der Waals surface area contributed by atoms with Crippen molar-refractivity contribution in [2.75, 3.05) is 13.2 Å². The molecule has 0 unspecified atom stereocenters. The largest absolute Gasteiger partial charge is 0.483 e. The van der Waals surface area contributed by atoms with E-state index in [9.17, 15) is 9.59 Å². The Kier molecular flexibility index (Phi) is 6.83. The van der Waals surface area contributed by atoms with Gasteiger partial charge < -0.3 is 15.8 Å². The van der Waals surface area contributed by atoms with Crippen LogP contribution in [-0.2, 0) is 11.2 Å². The molecule has 5 nitrogen and oxygen atoms in total. The minimum absolute atomic E-state index is 0.136. The summed E-state index contributed by atoms with van der Waals surface area (Å²) in [5, 5.41) is 2.81. The summed E-state index contributed by atoms with van der Waals surface area (Å²) in [7, 11) is 0. The van der Waals surface area contributed by atoms with Crippen molar-refractivity contribution >= 4 is 11.8 Å². The molecule has 0 aromatic heterocycles. The fourth-order valence-electron chi connectivity index (χ4n) is 2.32. The maximum Gasteiger partial charge on any atom is 0.257 e. The quantitative estimate of drug-likeness (QED) is 0.694. The van der Waals surface area contributed by atoms with Gasteiger partial charge in [-0.25, -0.2) is 0 Å². The van der Waals surface area contributed by atoms with E-state index in [0.29, 0.717) is 12.3 Å². The fourth-order valence-corrected chi connectivity index (χ4v) is 2.32. The van der Waals surface area contributed by atoms with Gasteiger partial charge in [0.25, 0.3) is 11.8 Å². The number of primary amides is 1. The molecule has 2 aromatic carbocycles. The summed E-state index contributed by atoms with van der Waals surface area (Å²) >= 11 is 0. The van der Waals surface area contributed by atoms with Gasteiger partial charge in [0.1, 0.15) is 5.75 Å². The minimum Gasteiger partial charge on any atom is -0.483 e. The first-order chi connectivity index (χ1) is 11.7. The highest BCUT2D eigenvalue weighted by Gasteiger charge is 2.09. The zero-order valence-corrected chi connectivity index (χ0v) is 13.5. The third kappa shape index (κ3) is 5.76. The lowest BCUT2D eigenvalue weighted by atomic mass is 10.1. The summed E-state index contributed by atoms with van der Waals surface area (Å²) in [4.78, 5) is 23.0. The molecule has 5 heteroatoms. The highest BCUT2D eigenvalue weighted by atomic mass is 16.5. The van der Waals surface area contributed by atoms with Crippen molar-refractivity contribution < 1.29 is 14.3 Å². The lowest BCUT2D eigenvalue weighted by Crippen LogP contribution is -2.30. The molecule has 0 spiro atoms. The monoisotopic (exact) mass is 326 g/mol. The van der Waals surface area contributed by atoms with Crippen LogP contribution in [0, 0.1) is 0 Å². The Balaban J connectivity index is 1.64. The predicted octanol–water partition coefficient (Wildman–Crippen LogP) is 2.30. The van der Waals surface area contributed by atoms with Gasteiger partial charge in [-0.3, -0.25) is 9.59 Å². The molecule has 126 valence electrons. The van der Waals surface area contributed by atoms with Crippen molar-refractivity contribution in [1.29, 1.82) is 0 Å². The third-order valence-corrected chi connectivity index (χ3v) is 3.57. The first-order valence-electron chi connectivity index (χ1n) is 7.99. The third-order valence-electron chi connectivity index (χ3n) is 3.57. The van der Waals surface area contributed by atoms with Crippen molar-refractivity contribution in [2.45, 2.75) is 19.3 Å². The highest BCUT2D eigenvalue weighted by Crippen LogP contribution is 2.16. The molecule has 0 aliphatic carbocycles. The number of carbonyl (C=O) groups is 2. The molecular formula is C19H22N2O3. The minimum atomic E-state index is -0.577. The summed E-state index contributed by atoms with van der Waals surface area (Å²) < 4.78 is 5.37. The van der Waals surface area contributed by atoms with Gasteiger partial charge in [0.15, 0.2) is 6.61 Å². The van der Waals surface area contributed by atoms with Gasteiger partial charge in [-0.2, -0.15) is 0 Å². The molecule has 2 amide bonds. The number of rotatable bonds is 9. The summed E-state index contributed by atoms with van der Waals surface area (Å²) in [6.45, 7) is 0.468. The van der Waals surface area contributed by atoms with Crippen LogP contribution >= 0.6 is 0 Å². The molecule has 2 aromatic rings. The molecule has 0 radical (unpaired) electrons. The second-order valence-electron chi connectivity index (χ2n) is 5.44. The molecule has 0 aliphatic rings. The maximum atomic E-state index is 11.8. The molecule has 0 fully saturated rings. The average Bonchev–Trinajstić information content (AvgIpc) is 2.60. The molecule has 0 saturated carbocycles. The lowest BCUT2D eigenvalue weighted by Gasteiger charge is -2.09. The topological polar surface area (TPSA) is 81.4 Å². The summed E-state index contributed by atoms with van der Waals surface area (Å²) in [6.07, 6.45) is 2.91. The first-order valence-corrected chi connectivity index (χ1v) is 7.99. The van der Waals surface area contributed by atoms with Crippen molar-refractivity contribution in [3.05, 3.63) is 65.7 Å². The van der Waals surface area contributed by atoms with E-state index in [1.165, 1.54) is 5.56 Å². The molecule has 0 saturated heterocycles. The number of para-hydroxylation sites is 1. The number of nitrogens with one attached hydrogen (secondary N) is 1. The van der Waals surface area contributed by atoms with Crippen molar-refractivity contribution in [3.63, 3.8) is 0 Å². The maximum absolute atomic E-state index is 11.8. The lowest BCUT2D eigenvalue weighted by molar-refractivity contribution is -0.123. The predicted molar refractivity (Wildman–Crippen MR) is 92.8 cm³/mol. The Morgan fingerprint density at radius 3 is 2.42 bits per heavy atom. The van der Waals surface area contributed by atoms with Crippen LogP contribution in [-0.4, -0.2) is 25.0 Å². The Labute approximate surface area is 141 Å². The number of unbranched alkanes of at least 4 members (excludes halogenated alkanes) is 1. The average molecular weight is 326 g/mol. The summed E-state index contributed by atoms with van der Waals surface area (Å²) in [6, 6.07) is 16.9. The molecule has 0 atom stereocenters. The molecule has 0 bridgehead atoms. The van der Waals surface area contributed by atoms with E-state index in [1.54, 1.807) is 24.3 Å². The number of carbonyl (C=O) groups excluding carboxylic acids is 2. The second kappa shape index (κ2) is 9.35. The molecule has 3 N–H and O–H groups in total. The van der Waals surface area contributed by atoms with Crippen LogP contribution in [0.1, 0.15) is 28.8 Å². The van der Waals surface area contributed by atoms with Gasteiger partial charge >= 0.3 is 0 Å². The van der Waals surface area contributed by atoms with E-state index < -0.39 is 5.91 Å². The van der Waals surface area contributed by atoms with Gasteiger partial charge in [-0.05, 0) is 37.0 Å². The summed E-state index contributed by atoms with van der Waals surface area (Å²) in [5.41, 5.74) is 6.84. The van der Waals surface area contributed by atoms with Crippen molar-refractivity contribution in [3.8, 4) is 5.75 Å². The Bertz CT molecular complexity index is 671. The van der Waals surface area contributed by atoms with Crippen LogP contribution in [0.4, 0.5) is 0 Å². The number of benzene rings is 2. The second-order valence-corrected chi connectivity index (χ2v) is 5.44. The Hall–Kier alpha value is -2.82. The number of amides is 2. The summed E-state index contributed by atoms with van der Waals surface area (Å²) in [5.74, 6) is -0.467. The van der Waals surface area contributed by atoms with Crippen LogP contribution in [0.3, 0.4) is 0 Å². The number of hydrogen-bond acceptors (Lipinski definition) is 3.